The van der Waals surface area contributed by atoms with Crippen LogP contribution in [0.4, 0.5) is 5.69 Å². The van der Waals surface area contributed by atoms with E-state index in [1.54, 1.807) is 47.9 Å². The first kappa shape index (κ1) is 20.8. The number of amides is 3. The lowest BCUT2D eigenvalue weighted by molar-refractivity contribution is -0.116. The van der Waals surface area contributed by atoms with Crippen molar-refractivity contribution in [2.24, 2.45) is 0 Å². The topological polar surface area (TPSA) is 103 Å². The van der Waals surface area contributed by atoms with Crippen molar-refractivity contribution in [3.8, 4) is 0 Å². The van der Waals surface area contributed by atoms with Gasteiger partial charge in [0.05, 0.1) is 0 Å². The molecule has 150 valence electrons. The van der Waals surface area contributed by atoms with Gasteiger partial charge in [-0.25, -0.2) is 0 Å². The summed E-state index contributed by atoms with van der Waals surface area (Å²) in [6.07, 6.45) is 3.64. The van der Waals surface area contributed by atoms with Crippen LogP contribution in [0.15, 0.2) is 58.5 Å². The zero-order valence-corrected chi connectivity index (χ0v) is 17.7. The van der Waals surface area contributed by atoms with E-state index in [0.29, 0.717) is 23.4 Å². The fraction of sp³-hybridized carbons (Fsp3) is 0.150. The van der Waals surface area contributed by atoms with Gasteiger partial charge >= 0.3 is 0 Å². The average molecular weight is 475 g/mol. The van der Waals surface area contributed by atoms with Crippen LogP contribution in [-0.4, -0.2) is 22.7 Å². The van der Waals surface area contributed by atoms with E-state index in [-0.39, 0.29) is 5.91 Å². The summed E-state index contributed by atoms with van der Waals surface area (Å²) in [5.41, 5.74) is 5.83. The molecule has 2 heterocycles. The molecule has 7 nitrogen and oxygen atoms in total. The maximum Gasteiger partial charge on any atom is 0.286 e. The van der Waals surface area contributed by atoms with Crippen LogP contribution in [-0.2, 0) is 11.2 Å². The van der Waals surface area contributed by atoms with Gasteiger partial charge in [-0.15, -0.1) is 11.3 Å². The largest absolute Gasteiger partial charge is 0.356 e. The maximum atomic E-state index is 12.3. The minimum atomic E-state index is -0.488. The van der Waals surface area contributed by atoms with Crippen molar-refractivity contribution in [2.75, 3.05) is 5.32 Å². The number of hydrogen-bond donors (Lipinski definition) is 4. The van der Waals surface area contributed by atoms with Crippen molar-refractivity contribution in [2.45, 2.75) is 19.3 Å². The number of carbonyl (C=O) groups excluding carboxylic acids is 3. The predicted octanol–water partition coefficient (Wildman–Crippen LogP) is 3.87. The number of rotatable bonds is 7. The second kappa shape index (κ2) is 10.0. The zero-order valence-electron chi connectivity index (χ0n) is 15.3. The Morgan fingerprint density at radius 1 is 1.03 bits per heavy atom. The number of thiophene rings is 1. The lowest BCUT2D eigenvalue weighted by Gasteiger charge is -2.09. The monoisotopic (exact) mass is 474 g/mol. The molecule has 9 heteroatoms. The number of benzene rings is 1. The smallest absolute Gasteiger partial charge is 0.286 e. The fourth-order valence-electron chi connectivity index (χ4n) is 2.59. The van der Waals surface area contributed by atoms with E-state index in [9.17, 15) is 14.4 Å². The summed E-state index contributed by atoms with van der Waals surface area (Å²) < 4.78 is 0.729. The first-order valence-corrected chi connectivity index (χ1v) is 10.6. The van der Waals surface area contributed by atoms with Gasteiger partial charge in [0.25, 0.3) is 11.8 Å². The Labute approximate surface area is 180 Å². The number of aromatic nitrogens is 1. The normalized spacial score (nSPS) is 10.4. The molecule has 3 aromatic rings. The molecule has 2 aromatic heterocycles. The first-order valence-electron chi connectivity index (χ1n) is 8.88. The number of aryl methyl sites for hydroxylation is 1. The SMILES string of the molecule is O=C(CCCc1cccs1)Nc1cccc(C(=O)NNC(=O)c2cc(Br)c[nH]2)c1. The third-order valence-corrected chi connectivity index (χ3v) is 5.39. The molecule has 0 unspecified atom stereocenters. The van der Waals surface area contributed by atoms with Crippen molar-refractivity contribution < 1.29 is 14.4 Å². The van der Waals surface area contributed by atoms with Crippen LogP contribution < -0.4 is 16.2 Å². The van der Waals surface area contributed by atoms with Gasteiger partial charge in [0.1, 0.15) is 5.69 Å². The molecule has 0 fully saturated rings. The van der Waals surface area contributed by atoms with Crippen LogP contribution in [0, 0.1) is 0 Å². The maximum absolute atomic E-state index is 12.3. The summed E-state index contributed by atoms with van der Waals surface area (Å²) in [4.78, 5) is 40.4. The van der Waals surface area contributed by atoms with Crippen LogP contribution in [0.1, 0.15) is 38.6 Å². The number of carbonyl (C=O) groups is 3. The van der Waals surface area contributed by atoms with Gasteiger partial charge < -0.3 is 10.3 Å². The molecule has 0 bridgehead atoms. The quantitative estimate of drug-likeness (QED) is 0.390. The summed E-state index contributed by atoms with van der Waals surface area (Å²) >= 11 is 4.92. The lowest BCUT2D eigenvalue weighted by atomic mass is 10.1. The summed E-state index contributed by atoms with van der Waals surface area (Å²) in [5.74, 6) is -1.07. The molecule has 1 aromatic carbocycles. The zero-order chi connectivity index (χ0) is 20.6. The molecule has 29 heavy (non-hydrogen) atoms. The van der Waals surface area contributed by atoms with Crippen LogP contribution >= 0.6 is 27.3 Å². The first-order chi connectivity index (χ1) is 14.0. The van der Waals surface area contributed by atoms with E-state index in [0.717, 1.165) is 17.3 Å². The summed E-state index contributed by atoms with van der Waals surface area (Å²) in [6.45, 7) is 0. The van der Waals surface area contributed by atoms with Gasteiger partial charge in [-0.3, -0.25) is 25.2 Å². The summed E-state index contributed by atoms with van der Waals surface area (Å²) in [5, 5.41) is 4.82. The average Bonchev–Trinajstić information content (AvgIpc) is 3.38. The van der Waals surface area contributed by atoms with Gasteiger partial charge in [0, 0.05) is 33.2 Å². The third-order valence-electron chi connectivity index (χ3n) is 4.00. The number of hydrogen-bond acceptors (Lipinski definition) is 4. The number of halogens is 1. The van der Waals surface area contributed by atoms with Gasteiger partial charge in [-0.05, 0) is 64.5 Å². The Morgan fingerprint density at radius 3 is 2.59 bits per heavy atom. The summed E-state index contributed by atoms with van der Waals surface area (Å²) in [6, 6.07) is 12.2. The highest BCUT2D eigenvalue weighted by atomic mass is 79.9. The highest BCUT2D eigenvalue weighted by Crippen LogP contribution is 2.14. The van der Waals surface area contributed by atoms with Gasteiger partial charge in [0.2, 0.25) is 5.91 Å². The number of aromatic amines is 1. The third kappa shape index (κ3) is 6.30. The Morgan fingerprint density at radius 2 is 1.86 bits per heavy atom. The highest BCUT2D eigenvalue weighted by Gasteiger charge is 2.11. The molecule has 3 amide bonds. The van der Waals surface area contributed by atoms with Crippen LogP contribution in [0.5, 0.6) is 0 Å². The van der Waals surface area contributed by atoms with Crippen molar-refractivity contribution in [1.82, 2.24) is 15.8 Å². The van der Waals surface area contributed by atoms with E-state index in [4.69, 9.17) is 0 Å². The van der Waals surface area contributed by atoms with Gasteiger partial charge in [-0.1, -0.05) is 12.1 Å². The van der Waals surface area contributed by atoms with E-state index in [1.807, 2.05) is 11.4 Å². The highest BCUT2D eigenvalue weighted by molar-refractivity contribution is 9.10. The predicted molar refractivity (Wildman–Crippen MR) is 116 cm³/mol. The minimum Gasteiger partial charge on any atom is -0.356 e. The van der Waals surface area contributed by atoms with Crippen molar-refractivity contribution in [1.29, 1.82) is 0 Å². The molecule has 0 saturated carbocycles. The lowest BCUT2D eigenvalue weighted by Crippen LogP contribution is -2.41. The van der Waals surface area contributed by atoms with E-state index < -0.39 is 11.8 Å². The Bertz CT molecular complexity index is 1000. The second-order valence-electron chi connectivity index (χ2n) is 6.20. The molecular formula is C20H19BrN4O3S. The molecule has 0 atom stereocenters. The van der Waals surface area contributed by atoms with Crippen LogP contribution in [0.25, 0.3) is 0 Å². The Balaban J connectivity index is 1.48. The van der Waals surface area contributed by atoms with Crippen molar-refractivity contribution in [3.63, 3.8) is 0 Å². The van der Waals surface area contributed by atoms with Crippen LogP contribution in [0.3, 0.4) is 0 Å². The standard InChI is InChI=1S/C20H19BrN4O3S/c21-14-11-17(22-12-14)20(28)25-24-19(27)13-4-1-5-15(10-13)23-18(26)8-2-6-16-7-3-9-29-16/h1,3-5,7,9-12,22H,2,6,8H2,(H,23,26)(H,24,27)(H,25,28). The second-order valence-corrected chi connectivity index (χ2v) is 8.15. The van der Waals surface area contributed by atoms with Crippen molar-refractivity contribution >= 4 is 50.7 Å². The molecule has 3 rings (SSSR count). The number of H-pyrrole nitrogens is 1. The molecule has 0 aliphatic rings. The molecular weight excluding hydrogens is 456 g/mol. The fourth-order valence-corrected chi connectivity index (χ4v) is 3.69. The number of hydrazine groups is 1. The van der Waals surface area contributed by atoms with Crippen molar-refractivity contribution in [3.05, 3.63) is 74.6 Å². The molecule has 0 spiro atoms. The molecule has 0 radical (unpaired) electrons. The molecule has 0 saturated heterocycles. The van der Waals surface area contributed by atoms with E-state index in [2.05, 4.69) is 43.1 Å². The van der Waals surface area contributed by atoms with Gasteiger partial charge in [-0.2, -0.15) is 0 Å². The van der Waals surface area contributed by atoms with Crippen LogP contribution in [0.2, 0.25) is 0 Å². The van der Waals surface area contributed by atoms with Gasteiger partial charge in [0.15, 0.2) is 0 Å². The van der Waals surface area contributed by atoms with E-state index >= 15 is 0 Å². The Kier molecular flexibility index (Phi) is 7.20. The number of nitrogens with one attached hydrogen (secondary N) is 4. The summed E-state index contributed by atoms with van der Waals surface area (Å²) in [7, 11) is 0. The molecule has 4 N–H and O–H groups in total. The molecule has 0 aliphatic carbocycles. The molecule has 0 aliphatic heterocycles. The number of anilines is 1. The minimum absolute atomic E-state index is 0.107. The Hall–Kier alpha value is -2.91. The van der Waals surface area contributed by atoms with E-state index in [1.165, 1.54) is 4.88 Å².